The van der Waals surface area contributed by atoms with Crippen molar-refractivity contribution in [2.24, 2.45) is 0 Å². The van der Waals surface area contributed by atoms with Gasteiger partial charge < -0.3 is 69.3 Å². The molecule has 5 rings (SSSR count). The molecule has 10 atom stereocenters. The number of hydrogen-bond donors (Lipinski definition) is 9. The van der Waals surface area contributed by atoms with E-state index in [-0.39, 0.29) is 33.8 Å². The zero-order valence-corrected chi connectivity index (χ0v) is 21.9. The van der Waals surface area contributed by atoms with Crippen molar-refractivity contribution in [1.82, 2.24) is 0 Å². The molecule has 42 heavy (non-hydrogen) atoms. The molecule has 2 saturated heterocycles. The lowest BCUT2D eigenvalue weighted by atomic mass is 9.97. The van der Waals surface area contributed by atoms with Crippen LogP contribution in [0, 0.1) is 0 Å². The highest BCUT2D eigenvalue weighted by Gasteiger charge is 2.50. The highest BCUT2D eigenvalue weighted by atomic mass is 16.7. The number of phenolic OH excluding ortho intramolecular Hbond substituents is 2. The van der Waals surface area contributed by atoms with Crippen LogP contribution < -0.4 is 10.2 Å². The van der Waals surface area contributed by atoms with E-state index in [1.807, 2.05) is 0 Å². The fraction of sp³-hybridized carbons (Fsp3) is 0.444. The summed E-state index contributed by atoms with van der Waals surface area (Å²) in [6, 6.07) is 7.63. The van der Waals surface area contributed by atoms with Gasteiger partial charge in [0, 0.05) is 17.7 Å². The van der Waals surface area contributed by atoms with Gasteiger partial charge in [-0.1, -0.05) is 0 Å². The largest absolute Gasteiger partial charge is 0.508 e. The van der Waals surface area contributed by atoms with Crippen molar-refractivity contribution < 1.29 is 69.3 Å². The van der Waals surface area contributed by atoms with Crippen LogP contribution in [-0.4, -0.2) is 114 Å². The summed E-state index contributed by atoms with van der Waals surface area (Å²) in [6.45, 7) is 0.708. The fourth-order valence-corrected chi connectivity index (χ4v) is 4.87. The molecule has 0 radical (unpaired) electrons. The standard InChI is InChI=1S/C27H30O15/c1-9-17(31)25(42-26-22(36)20(34)18(32)15(8-28)41-26)23(37)27(38-9)39-12-6-13(30)16-14(7-12)40-24(21(35)19(16)33)10-2-4-11(29)5-3-10/h2-7,9,15,17-18,20,22-23,25-32,34-37H,8H2,1H3/t9?,15?,17-,18+,20-,22?,23?,25-,26-,27-/m0/s1. The Labute approximate surface area is 236 Å². The van der Waals surface area contributed by atoms with Gasteiger partial charge in [-0.2, -0.15) is 0 Å². The maximum atomic E-state index is 12.8. The number of hydrogen-bond acceptors (Lipinski definition) is 15. The molecule has 3 heterocycles. The Kier molecular flexibility index (Phi) is 8.30. The number of aromatic hydroxyl groups is 3. The van der Waals surface area contributed by atoms with Crippen LogP contribution in [0.1, 0.15) is 6.92 Å². The monoisotopic (exact) mass is 594 g/mol. The second-order valence-electron chi connectivity index (χ2n) is 10.1. The van der Waals surface area contributed by atoms with Crippen molar-refractivity contribution in [3.8, 4) is 34.3 Å². The van der Waals surface area contributed by atoms with Gasteiger partial charge in [0.15, 0.2) is 12.1 Å². The molecule has 15 heteroatoms. The number of fused-ring (bicyclic) bond motifs is 1. The second kappa shape index (κ2) is 11.6. The first-order valence-corrected chi connectivity index (χ1v) is 12.9. The molecule has 0 amide bonds. The van der Waals surface area contributed by atoms with Crippen LogP contribution in [0.25, 0.3) is 22.3 Å². The molecule has 0 aliphatic carbocycles. The molecular weight excluding hydrogens is 564 g/mol. The van der Waals surface area contributed by atoms with Crippen molar-refractivity contribution in [2.75, 3.05) is 6.61 Å². The quantitative estimate of drug-likeness (QED) is 0.159. The Morgan fingerprint density at radius 2 is 1.52 bits per heavy atom. The van der Waals surface area contributed by atoms with Crippen molar-refractivity contribution in [2.45, 2.75) is 68.3 Å². The van der Waals surface area contributed by atoms with Crippen molar-refractivity contribution in [1.29, 1.82) is 0 Å². The number of ether oxygens (including phenoxy) is 4. The average molecular weight is 595 g/mol. The van der Waals surface area contributed by atoms with Crippen LogP contribution >= 0.6 is 0 Å². The topological polar surface area (TPSA) is 249 Å². The van der Waals surface area contributed by atoms with E-state index in [1.165, 1.54) is 37.3 Å². The van der Waals surface area contributed by atoms with Crippen LogP contribution in [0.5, 0.6) is 23.0 Å². The molecule has 1 aromatic heterocycles. The first kappa shape index (κ1) is 30.0. The minimum absolute atomic E-state index is 0.0612. The molecule has 3 aromatic rings. The highest BCUT2D eigenvalue weighted by Crippen LogP contribution is 2.37. The van der Waals surface area contributed by atoms with Gasteiger partial charge in [0.1, 0.15) is 70.9 Å². The second-order valence-corrected chi connectivity index (χ2v) is 10.1. The van der Waals surface area contributed by atoms with Crippen LogP contribution in [0.2, 0.25) is 0 Å². The number of benzene rings is 2. The SMILES string of the molecule is CC1O[C@@H](Oc2cc(O)c3c(=O)c(O)c(-c4ccc(O)cc4)oc3c2)C(O)[C@@H](O[C@@H]2OC(CO)[C@@H](O)[C@H](O)C2O)[C@H]1O. The van der Waals surface area contributed by atoms with Gasteiger partial charge in [-0.05, 0) is 31.2 Å². The van der Waals surface area contributed by atoms with E-state index in [0.29, 0.717) is 0 Å². The number of phenols is 2. The van der Waals surface area contributed by atoms with Gasteiger partial charge >= 0.3 is 0 Å². The highest BCUT2D eigenvalue weighted by molar-refractivity contribution is 5.88. The predicted octanol–water partition coefficient (Wildman–Crippen LogP) is -1.39. The van der Waals surface area contributed by atoms with Gasteiger partial charge in [0.25, 0.3) is 0 Å². The molecular formula is C27H30O15. The lowest BCUT2D eigenvalue weighted by Gasteiger charge is -2.45. The first-order chi connectivity index (χ1) is 19.9. The minimum atomic E-state index is -1.81. The molecule has 4 unspecified atom stereocenters. The van der Waals surface area contributed by atoms with E-state index in [0.717, 1.165) is 6.07 Å². The maximum Gasteiger partial charge on any atom is 0.238 e. The van der Waals surface area contributed by atoms with Gasteiger partial charge in [-0.15, -0.1) is 0 Å². The number of aliphatic hydroxyl groups is 6. The minimum Gasteiger partial charge on any atom is -0.508 e. The molecule has 2 aliphatic heterocycles. The van der Waals surface area contributed by atoms with E-state index in [1.54, 1.807) is 0 Å². The fourth-order valence-electron chi connectivity index (χ4n) is 4.87. The first-order valence-electron chi connectivity index (χ1n) is 12.9. The summed E-state index contributed by atoms with van der Waals surface area (Å²) in [5.74, 6) is -1.88. The summed E-state index contributed by atoms with van der Waals surface area (Å²) in [4.78, 5) is 12.8. The van der Waals surface area contributed by atoms with Crippen molar-refractivity contribution in [3.05, 3.63) is 46.6 Å². The summed E-state index contributed by atoms with van der Waals surface area (Å²) in [5.41, 5.74) is -0.900. The van der Waals surface area contributed by atoms with E-state index in [9.17, 15) is 50.8 Å². The zero-order chi connectivity index (χ0) is 30.5. The van der Waals surface area contributed by atoms with Gasteiger partial charge in [-0.3, -0.25) is 4.79 Å². The smallest absolute Gasteiger partial charge is 0.238 e. The molecule has 9 N–H and O–H groups in total. The van der Waals surface area contributed by atoms with Gasteiger partial charge in [0.05, 0.1) is 12.7 Å². The van der Waals surface area contributed by atoms with E-state index in [2.05, 4.69) is 0 Å². The summed E-state index contributed by atoms with van der Waals surface area (Å²) >= 11 is 0. The van der Waals surface area contributed by atoms with E-state index >= 15 is 0 Å². The summed E-state index contributed by atoms with van der Waals surface area (Å²) in [7, 11) is 0. The molecule has 15 nitrogen and oxygen atoms in total. The van der Waals surface area contributed by atoms with Gasteiger partial charge in [0.2, 0.25) is 17.5 Å². The van der Waals surface area contributed by atoms with E-state index < -0.39 is 84.9 Å². The van der Waals surface area contributed by atoms with Crippen molar-refractivity contribution in [3.63, 3.8) is 0 Å². The molecule has 0 saturated carbocycles. The normalized spacial score (nSPS) is 33.5. The molecule has 2 aliphatic rings. The Morgan fingerprint density at radius 1 is 0.833 bits per heavy atom. The summed E-state index contributed by atoms with van der Waals surface area (Å²) in [6.07, 6.45) is -15.6. The predicted molar refractivity (Wildman–Crippen MR) is 139 cm³/mol. The third-order valence-electron chi connectivity index (χ3n) is 7.23. The molecule has 228 valence electrons. The molecule has 2 fully saturated rings. The molecule has 2 aromatic carbocycles. The Hall–Kier alpha value is -3.51. The Balaban J connectivity index is 1.42. The third-order valence-corrected chi connectivity index (χ3v) is 7.23. The number of rotatable bonds is 6. The van der Waals surface area contributed by atoms with Crippen LogP contribution in [-0.2, 0) is 14.2 Å². The third kappa shape index (κ3) is 5.37. The Bertz CT molecular complexity index is 1470. The lowest BCUT2D eigenvalue weighted by molar-refractivity contribution is -0.350. The summed E-state index contributed by atoms with van der Waals surface area (Å²) in [5, 5.41) is 91.6. The zero-order valence-electron chi connectivity index (χ0n) is 21.9. The summed E-state index contributed by atoms with van der Waals surface area (Å²) < 4.78 is 27.9. The van der Waals surface area contributed by atoms with E-state index in [4.69, 9.17) is 23.4 Å². The van der Waals surface area contributed by atoms with Gasteiger partial charge in [-0.25, -0.2) is 0 Å². The lowest BCUT2D eigenvalue weighted by Crippen LogP contribution is -2.64. The van der Waals surface area contributed by atoms with Crippen LogP contribution in [0.3, 0.4) is 0 Å². The maximum absolute atomic E-state index is 12.8. The Morgan fingerprint density at radius 3 is 2.19 bits per heavy atom. The van der Waals surface area contributed by atoms with Crippen LogP contribution in [0.15, 0.2) is 45.6 Å². The molecule has 0 spiro atoms. The molecule has 0 bridgehead atoms. The average Bonchev–Trinajstić information content (AvgIpc) is 2.96. The van der Waals surface area contributed by atoms with Crippen molar-refractivity contribution >= 4 is 11.0 Å². The number of aliphatic hydroxyl groups excluding tert-OH is 6. The van der Waals surface area contributed by atoms with Crippen LogP contribution in [0.4, 0.5) is 0 Å².